The lowest BCUT2D eigenvalue weighted by Crippen LogP contribution is -2.14. The maximum absolute atomic E-state index is 12.5. The van der Waals surface area contributed by atoms with Crippen molar-refractivity contribution in [1.82, 2.24) is 9.55 Å². The van der Waals surface area contributed by atoms with Crippen molar-refractivity contribution >= 4 is 45.8 Å². The molecule has 0 saturated carbocycles. The second-order valence-corrected chi connectivity index (χ2v) is 7.92. The lowest BCUT2D eigenvalue weighted by atomic mass is 10.2. The van der Waals surface area contributed by atoms with Gasteiger partial charge in [0.15, 0.2) is 5.16 Å². The average molecular weight is 479 g/mol. The van der Waals surface area contributed by atoms with Gasteiger partial charge in [0.25, 0.3) is 11.4 Å². The molecule has 0 unspecified atom stereocenters. The molecule has 1 aromatic heterocycles. The van der Waals surface area contributed by atoms with E-state index in [2.05, 4.69) is 10.3 Å². The first-order chi connectivity index (χ1) is 16.4. The number of methoxy groups -OCH3 is 1. The summed E-state index contributed by atoms with van der Waals surface area (Å²) in [5.41, 5.74) is 1.72. The van der Waals surface area contributed by atoms with Crippen molar-refractivity contribution in [2.75, 3.05) is 18.2 Å². The number of ether oxygens (including phenoxy) is 1. The molecule has 11 nitrogen and oxygen atoms in total. The first kappa shape index (κ1) is 22.7. The van der Waals surface area contributed by atoms with Crippen molar-refractivity contribution in [2.24, 2.45) is 0 Å². The summed E-state index contributed by atoms with van der Waals surface area (Å²) in [7, 11) is 1.53. The highest BCUT2D eigenvalue weighted by molar-refractivity contribution is 7.99. The number of amides is 1. The highest BCUT2D eigenvalue weighted by Gasteiger charge is 2.19. The van der Waals surface area contributed by atoms with Crippen molar-refractivity contribution in [1.29, 1.82) is 0 Å². The number of carbonyl (C=O) groups is 1. The fourth-order valence-corrected chi connectivity index (χ4v) is 4.15. The van der Waals surface area contributed by atoms with Crippen LogP contribution in [0.1, 0.15) is 0 Å². The second-order valence-electron chi connectivity index (χ2n) is 6.98. The Balaban J connectivity index is 1.66. The zero-order valence-electron chi connectivity index (χ0n) is 17.7. The molecule has 3 aromatic carbocycles. The molecule has 0 aliphatic heterocycles. The lowest BCUT2D eigenvalue weighted by molar-refractivity contribution is -0.384. The van der Waals surface area contributed by atoms with Gasteiger partial charge in [-0.05, 0) is 24.3 Å². The normalized spacial score (nSPS) is 10.7. The smallest absolute Gasteiger partial charge is 0.271 e. The Kier molecular flexibility index (Phi) is 6.41. The van der Waals surface area contributed by atoms with Gasteiger partial charge in [-0.2, -0.15) is 0 Å². The first-order valence-electron chi connectivity index (χ1n) is 9.85. The molecular formula is C22H17N5O6S. The quantitative estimate of drug-likeness (QED) is 0.220. The second kappa shape index (κ2) is 9.58. The summed E-state index contributed by atoms with van der Waals surface area (Å²) in [4.78, 5) is 38.2. The Morgan fingerprint density at radius 1 is 1.03 bits per heavy atom. The molecule has 0 spiro atoms. The molecule has 0 fully saturated rings. The Bertz CT molecular complexity index is 1420. The van der Waals surface area contributed by atoms with E-state index in [-0.39, 0.29) is 17.1 Å². The van der Waals surface area contributed by atoms with Gasteiger partial charge in [0, 0.05) is 30.0 Å². The highest BCUT2D eigenvalue weighted by atomic mass is 32.2. The third-order valence-corrected chi connectivity index (χ3v) is 5.76. The number of imidazole rings is 1. The van der Waals surface area contributed by atoms with Gasteiger partial charge in [-0.15, -0.1) is 0 Å². The van der Waals surface area contributed by atoms with Gasteiger partial charge in [-0.1, -0.05) is 30.0 Å². The number of nitrogens with one attached hydrogen (secondary N) is 1. The number of non-ortho nitro benzene ring substituents is 2. The minimum atomic E-state index is -0.542. The number of aromatic nitrogens is 2. The molecule has 0 saturated heterocycles. The number of rotatable bonds is 8. The predicted molar refractivity (Wildman–Crippen MR) is 127 cm³/mol. The predicted octanol–water partition coefficient (Wildman–Crippen LogP) is 4.58. The van der Waals surface area contributed by atoms with E-state index in [1.165, 1.54) is 37.4 Å². The van der Waals surface area contributed by atoms with Gasteiger partial charge < -0.3 is 10.1 Å². The van der Waals surface area contributed by atoms with Crippen LogP contribution >= 0.6 is 11.8 Å². The van der Waals surface area contributed by atoms with Crippen LogP contribution in [0.15, 0.2) is 71.9 Å². The standard InChI is InChI=1S/C22H17N5O6S/c1-33-20-8-3-2-7-19(20)25-18-10-9-16(27(31)32)12-17(18)24-22(25)34-13-21(28)23-14-5-4-6-15(11-14)26(29)30/h2-12H,13H2,1H3,(H,23,28). The molecule has 0 atom stereocenters. The SMILES string of the molecule is COc1ccccc1-n1c(SCC(=O)Nc2cccc([N+](=O)[O-])c2)nc2cc([N+](=O)[O-])ccc21. The first-order valence-corrected chi connectivity index (χ1v) is 10.8. The van der Waals surface area contributed by atoms with Crippen molar-refractivity contribution in [3.63, 3.8) is 0 Å². The van der Waals surface area contributed by atoms with Gasteiger partial charge in [0.1, 0.15) is 5.75 Å². The number of nitro benzene ring substituents is 2. The van der Waals surface area contributed by atoms with Crippen LogP contribution in [-0.4, -0.2) is 38.2 Å². The van der Waals surface area contributed by atoms with E-state index < -0.39 is 15.8 Å². The summed E-state index contributed by atoms with van der Waals surface area (Å²) < 4.78 is 7.24. The Morgan fingerprint density at radius 2 is 1.76 bits per heavy atom. The zero-order valence-corrected chi connectivity index (χ0v) is 18.5. The number of carbonyl (C=O) groups excluding carboxylic acids is 1. The molecule has 4 rings (SSSR count). The summed E-state index contributed by atoms with van der Waals surface area (Å²) in [6.45, 7) is 0. The van der Waals surface area contributed by atoms with Crippen LogP contribution in [0.3, 0.4) is 0 Å². The number of benzene rings is 3. The van der Waals surface area contributed by atoms with Gasteiger partial charge in [-0.3, -0.25) is 29.6 Å². The van der Waals surface area contributed by atoms with E-state index in [0.717, 1.165) is 11.8 Å². The number of anilines is 1. The third kappa shape index (κ3) is 4.66. The number of fused-ring (bicyclic) bond motifs is 1. The van der Waals surface area contributed by atoms with Crippen LogP contribution in [0.5, 0.6) is 5.75 Å². The Morgan fingerprint density at radius 3 is 2.50 bits per heavy atom. The molecule has 0 radical (unpaired) electrons. The molecule has 34 heavy (non-hydrogen) atoms. The molecule has 0 aliphatic carbocycles. The van der Waals surface area contributed by atoms with E-state index in [0.29, 0.717) is 33.3 Å². The van der Waals surface area contributed by atoms with E-state index in [1.54, 1.807) is 22.8 Å². The molecule has 0 bridgehead atoms. The monoisotopic (exact) mass is 479 g/mol. The summed E-state index contributed by atoms with van der Waals surface area (Å²) in [6, 6.07) is 17.2. The minimum absolute atomic E-state index is 0.0523. The Labute approximate surface area is 196 Å². The van der Waals surface area contributed by atoms with Crippen molar-refractivity contribution in [3.8, 4) is 11.4 Å². The maximum atomic E-state index is 12.5. The summed E-state index contributed by atoms with van der Waals surface area (Å²) in [5, 5.41) is 25.2. The van der Waals surface area contributed by atoms with Gasteiger partial charge >= 0.3 is 0 Å². The minimum Gasteiger partial charge on any atom is -0.495 e. The van der Waals surface area contributed by atoms with Crippen LogP contribution in [0.25, 0.3) is 16.7 Å². The number of nitrogens with zero attached hydrogens (tertiary/aromatic N) is 4. The van der Waals surface area contributed by atoms with Gasteiger partial charge in [0.2, 0.25) is 5.91 Å². The lowest BCUT2D eigenvalue weighted by Gasteiger charge is -2.13. The Hall–Kier alpha value is -4.45. The third-order valence-electron chi connectivity index (χ3n) is 4.82. The topological polar surface area (TPSA) is 142 Å². The van der Waals surface area contributed by atoms with Crippen molar-refractivity contribution in [2.45, 2.75) is 5.16 Å². The number of hydrogen-bond acceptors (Lipinski definition) is 8. The van der Waals surface area contributed by atoms with Crippen LogP contribution in [-0.2, 0) is 4.79 Å². The number of thioether (sulfide) groups is 1. The molecule has 0 aliphatic rings. The van der Waals surface area contributed by atoms with Crippen LogP contribution in [0.4, 0.5) is 17.1 Å². The summed E-state index contributed by atoms with van der Waals surface area (Å²) in [6.07, 6.45) is 0. The van der Waals surface area contributed by atoms with E-state index in [9.17, 15) is 25.0 Å². The molecular weight excluding hydrogens is 462 g/mol. The molecule has 1 N–H and O–H groups in total. The van der Waals surface area contributed by atoms with Gasteiger partial charge in [-0.25, -0.2) is 4.98 Å². The number of nitro groups is 2. The van der Waals surface area contributed by atoms with E-state index in [4.69, 9.17) is 4.74 Å². The van der Waals surface area contributed by atoms with Crippen LogP contribution in [0, 0.1) is 20.2 Å². The molecule has 1 heterocycles. The van der Waals surface area contributed by atoms with Crippen molar-refractivity contribution in [3.05, 3.63) is 87.0 Å². The fourth-order valence-electron chi connectivity index (χ4n) is 3.33. The molecule has 4 aromatic rings. The van der Waals surface area contributed by atoms with Crippen LogP contribution in [0.2, 0.25) is 0 Å². The number of para-hydroxylation sites is 2. The molecule has 12 heteroatoms. The summed E-state index contributed by atoms with van der Waals surface area (Å²) >= 11 is 1.12. The van der Waals surface area contributed by atoms with Gasteiger partial charge in [0.05, 0.1) is 39.4 Å². The number of hydrogen-bond donors (Lipinski definition) is 1. The highest BCUT2D eigenvalue weighted by Crippen LogP contribution is 2.34. The van der Waals surface area contributed by atoms with Crippen LogP contribution < -0.4 is 10.1 Å². The summed E-state index contributed by atoms with van der Waals surface area (Å²) in [5.74, 6) is 0.113. The molecule has 1 amide bonds. The maximum Gasteiger partial charge on any atom is 0.271 e. The fraction of sp³-hybridized carbons (Fsp3) is 0.0909. The van der Waals surface area contributed by atoms with E-state index in [1.807, 2.05) is 18.2 Å². The zero-order chi connectivity index (χ0) is 24.2. The van der Waals surface area contributed by atoms with E-state index >= 15 is 0 Å². The van der Waals surface area contributed by atoms with Crippen molar-refractivity contribution < 1.29 is 19.4 Å². The molecule has 172 valence electrons. The largest absolute Gasteiger partial charge is 0.495 e. The average Bonchev–Trinajstić information content (AvgIpc) is 3.20.